The summed E-state index contributed by atoms with van der Waals surface area (Å²) in [5.74, 6) is 0.452. The van der Waals surface area contributed by atoms with E-state index in [1.807, 2.05) is 31.2 Å². The predicted octanol–water partition coefficient (Wildman–Crippen LogP) is 3.14. The van der Waals surface area contributed by atoms with Gasteiger partial charge in [0.1, 0.15) is 11.5 Å². The highest BCUT2D eigenvalue weighted by Gasteiger charge is 2.29. The van der Waals surface area contributed by atoms with E-state index in [2.05, 4.69) is 0 Å². The van der Waals surface area contributed by atoms with Crippen LogP contribution in [0.15, 0.2) is 42.5 Å². The zero-order valence-corrected chi connectivity index (χ0v) is 10.6. The Balaban J connectivity index is 2.16. The van der Waals surface area contributed by atoms with Crippen LogP contribution in [0.2, 0.25) is 0 Å². The van der Waals surface area contributed by atoms with E-state index in [4.69, 9.17) is 4.74 Å². The standard InChI is InChI=1S/C16H14O3/c1-10-4-2-3-5-12(10)13-9-16(18)19-15-7-6-11(17)8-14(13)15/h2-8,13,17H,9H2,1H3. The van der Waals surface area contributed by atoms with Crippen LogP contribution in [0.5, 0.6) is 11.5 Å². The van der Waals surface area contributed by atoms with E-state index in [1.165, 1.54) is 6.07 Å². The van der Waals surface area contributed by atoms with Crippen LogP contribution in [0, 0.1) is 6.92 Å². The van der Waals surface area contributed by atoms with Crippen molar-refractivity contribution < 1.29 is 14.6 Å². The van der Waals surface area contributed by atoms with Crippen molar-refractivity contribution in [1.82, 2.24) is 0 Å². The molecule has 1 aliphatic heterocycles. The van der Waals surface area contributed by atoms with Crippen LogP contribution in [0.4, 0.5) is 0 Å². The summed E-state index contributed by atoms with van der Waals surface area (Å²) in [6, 6.07) is 12.8. The molecule has 3 rings (SSSR count). The lowest BCUT2D eigenvalue weighted by atomic mass is 9.84. The molecule has 0 bridgehead atoms. The van der Waals surface area contributed by atoms with E-state index in [1.54, 1.807) is 12.1 Å². The van der Waals surface area contributed by atoms with Gasteiger partial charge in [-0.3, -0.25) is 4.79 Å². The zero-order chi connectivity index (χ0) is 13.4. The minimum atomic E-state index is -0.230. The first-order valence-corrected chi connectivity index (χ1v) is 6.24. The van der Waals surface area contributed by atoms with Crippen molar-refractivity contribution in [2.45, 2.75) is 19.3 Å². The summed E-state index contributed by atoms with van der Waals surface area (Å²) >= 11 is 0. The SMILES string of the molecule is Cc1ccccc1C1CC(=O)Oc2ccc(O)cc21. The van der Waals surface area contributed by atoms with Gasteiger partial charge in [-0.05, 0) is 36.2 Å². The number of fused-ring (bicyclic) bond motifs is 1. The third-order valence-corrected chi connectivity index (χ3v) is 3.53. The molecule has 0 spiro atoms. The monoisotopic (exact) mass is 254 g/mol. The maximum atomic E-state index is 11.7. The lowest BCUT2D eigenvalue weighted by molar-refractivity contribution is -0.135. The fourth-order valence-corrected chi connectivity index (χ4v) is 2.60. The summed E-state index contributed by atoms with van der Waals surface area (Å²) in [4.78, 5) is 11.7. The minimum Gasteiger partial charge on any atom is -0.508 e. The average molecular weight is 254 g/mol. The van der Waals surface area contributed by atoms with Gasteiger partial charge >= 0.3 is 5.97 Å². The molecule has 0 saturated carbocycles. The number of hydrogen-bond acceptors (Lipinski definition) is 3. The quantitative estimate of drug-likeness (QED) is 0.628. The number of carbonyl (C=O) groups excluding carboxylic acids is 1. The highest BCUT2D eigenvalue weighted by Crippen LogP contribution is 2.41. The normalized spacial score (nSPS) is 17.7. The van der Waals surface area contributed by atoms with E-state index >= 15 is 0 Å². The molecule has 1 N–H and O–H groups in total. The van der Waals surface area contributed by atoms with Crippen LogP contribution in [0.1, 0.15) is 29.0 Å². The van der Waals surface area contributed by atoms with Gasteiger partial charge in [0.2, 0.25) is 0 Å². The second-order valence-corrected chi connectivity index (χ2v) is 4.81. The number of aryl methyl sites for hydroxylation is 1. The van der Waals surface area contributed by atoms with Crippen molar-refractivity contribution in [3.63, 3.8) is 0 Å². The maximum absolute atomic E-state index is 11.7. The summed E-state index contributed by atoms with van der Waals surface area (Å²) in [5.41, 5.74) is 3.11. The van der Waals surface area contributed by atoms with Crippen molar-refractivity contribution in [3.8, 4) is 11.5 Å². The number of phenols is 1. The van der Waals surface area contributed by atoms with Gasteiger partial charge in [0.15, 0.2) is 0 Å². The number of hydrogen-bond donors (Lipinski definition) is 1. The molecular formula is C16H14O3. The number of benzene rings is 2. The first-order valence-electron chi connectivity index (χ1n) is 6.24. The minimum absolute atomic E-state index is 0.0513. The van der Waals surface area contributed by atoms with E-state index in [9.17, 15) is 9.90 Å². The Morgan fingerprint density at radius 2 is 1.95 bits per heavy atom. The number of rotatable bonds is 1. The van der Waals surface area contributed by atoms with Crippen LogP contribution in [-0.4, -0.2) is 11.1 Å². The Bertz CT molecular complexity index is 646. The average Bonchev–Trinajstić information content (AvgIpc) is 2.39. The molecule has 1 atom stereocenters. The van der Waals surface area contributed by atoms with Crippen molar-refractivity contribution in [3.05, 3.63) is 59.2 Å². The van der Waals surface area contributed by atoms with E-state index in [0.29, 0.717) is 12.2 Å². The fourth-order valence-electron chi connectivity index (χ4n) is 2.60. The van der Waals surface area contributed by atoms with Gasteiger partial charge in [0, 0.05) is 11.5 Å². The van der Waals surface area contributed by atoms with E-state index < -0.39 is 0 Å². The lowest BCUT2D eigenvalue weighted by Crippen LogP contribution is -2.21. The van der Waals surface area contributed by atoms with Gasteiger partial charge in [-0.1, -0.05) is 24.3 Å². The van der Waals surface area contributed by atoms with Gasteiger partial charge in [0.05, 0.1) is 6.42 Å². The predicted molar refractivity (Wildman–Crippen MR) is 71.4 cm³/mol. The van der Waals surface area contributed by atoms with Crippen LogP contribution in [0.25, 0.3) is 0 Å². The van der Waals surface area contributed by atoms with E-state index in [-0.39, 0.29) is 17.6 Å². The Morgan fingerprint density at radius 3 is 2.74 bits per heavy atom. The Hall–Kier alpha value is -2.29. The number of esters is 1. The largest absolute Gasteiger partial charge is 0.508 e. The second kappa shape index (κ2) is 4.43. The zero-order valence-electron chi connectivity index (χ0n) is 10.6. The molecular weight excluding hydrogens is 240 g/mol. The third-order valence-electron chi connectivity index (χ3n) is 3.53. The lowest BCUT2D eigenvalue weighted by Gasteiger charge is -2.26. The number of phenolic OH excluding ortho intramolecular Hbond substituents is 1. The molecule has 1 heterocycles. The summed E-state index contributed by atoms with van der Waals surface area (Å²) < 4.78 is 5.23. The van der Waals surface area contributed by atoms with Crippen LogP contribution < -0.4 is 4.74 Å². The summed E-state index contributed by atoms with van der Waals surface area (Å²) in [5, 5.41) is 9.65. The van der Waals surface area contributed by atoms with Crippen molar-refractivity contribution >= 4 is 5.97 Å². The van der Waals surface area contributed by atoms with Crippen LogP contribution >= 0.6 is 0 Å². The molecule has 0 radical (unpaired) electrons. The fraction of sp³-hybridized carbons (Fsp3) is 0.188. The maximum Gasteiger partial charge on any atom is 0.312 e. The van der Waals surface area contributed by atoms with Gasteiger partial charge in [0.25, 0.3) is 0 Å². The van der Waals surface area contributed by atoms with Crippen molar-refractivity contribution in [2.75, 3.05) is 0 Å². The second-order valence-electron chi connectivity index (χ2n) is 4.81. The molecule has 1 aliphatic rings. The topological polar surface area (TPSA) is 46.5 Å². The molecule has 96 valence electrons. The molecule has 3 heteroatoms. The molecule has 2 aromatic rings. The molecule has 2 aromatic carbocycles. The molecule has 0 amide bonds. The number of ether oxygens (including phenoxy) is 1. The smallest absolute Gasteiger partial charge is 0.312 e. The van der Waals surface area contributed by atoms with Gasteiger partial charge in [-0.2, -0.15) is 0 Å². The highest BCUT2D eigenvalue weighted by molar-refractivity contribution is 5.78. The molecule has 0 aliphatic carbocycles. The summed E-state index contributed by atoms with van der Waals surface area (Å²) in [6.07, 6.45) is 0.307. The number of aromatic hydroxyl groups is 1. The molecule has 0 fully saturated rings. The Kier molecular flexibility index (Phi) is 2.75. The third kappa shape index (κ3) is 2.08. The summed E-state index contributed by atoms with van der Waals surface area (Å²) in [6.45, 7) is 2.03. The molecule has 19 heavy (non-hydrogen) atoms. The molecule has 0 aromatic heterocycles. The first kappa shape index (κ1) is 11.8. The van der Waals surface area contributed by atoms with Crippen molar-refractivity contribution in [2.24, 2.45) is 0 Å². The van der Waals surface area contributed by atoms with Gasteiger partial charge < -0.3 is 9.84 Å². The number of carbonyl (C=O) groups is 1. The van der Waals surface area contributed by atoms with E-state index in [0.717, 1.165) is 16.7 Å². The van der Waals surface area contributed by atoms with Crippen LogP contribution in [0.3, 0.4) is 0 Å². The van der Waals surface area contributed by atoms with Gasteiger partial charge in [-0.25, -0.2) is 0 Å². The van der Waals surface area contributed by atoms with Crippen molar-refractivity contribution in [1.29, 1.82) is 0 Å². The molecule has 0 saturated heterocycles. The highest BCUT2D eigenvalue weighted by atomic mass is 16.5. The Morgan fingerprint density at radius 1 is 1.16 bits per heavy atom. The molecule has 3 nitrogen and oxygen atoms in total. The summed E-state index contributed by atoms with van der Waals surface area (Å²) in [7, 11) is 0. The first-order chi connectivity index (χ1) is 9.15. The Labute approximate surface area is 111 Å². The van der Waals surface area contributed by atoms with Gasteiger partial charge in [-0.15, -0.1) is 0 Å². The molecule has 1 unspecified atom stereocenters. The van der Waals surface area contributed by atoms with Crippen LogP contribution in [-0.2, 0) is 4.79 Å².